The van der Waals surface area contributed by atoms with E-state index in [1.165, 1.54) is 11.6 Å². The van der Waals surface area contributed by atoms with E-state index in [-0.39, 0.29) is 11.5 Å². The van der Waals surface area contributed by atoms with Gasteiger partial charge >= 0.3 is 0 Å². The maximum Gasteiger partial charge on any atom is 0.157 e. The molecule has 0 spiro atoms. The lowest BCUT2D eigenvalue weighted by Crippen LogP contribution is -2.17. The standard InChI is InChI=1S/C22H28O3/c1-22(2,25)14-5-3-4-7-17-8-6-9-18(15-17)10-11-19-12-13-20(23)21(24)16-19/h6,8-13,15-16,23-25H,3-5,7,14H2,1-2H3. The lowest BCUT2D eigenvalue weighted by molar-refractivity contribution is 0.0681. The first-order chi connectivity index (χ1) is 11.8. The van der Waals surface area contributed by atoms with E-state index in [9.17, 15) is 15.3 Å². The van der Waals surface area contributed by atoms with E-state index in [1.807, 2.05) is 26.0 Å². The summed E-state index contributed by atoms with van der Waals surface area (Å²) in [6.45, 7) is 3.72. The van der Waals surface area contributed by atoms with E-state index < -0.39 is 5.60 Å². The number of aryl methyl sites for hydroxylation is 1. The number of rotatable bonds is 8. The Morgan fingerprint density at radius 1 is 0.840 bits per heavy atom. The van der Waals surface area contributed by atoms with Gasteiger partial charge in [-0.05, 0) is 61.9 Å². The number of hydrogen-bond donors (Lipinski definition) is 3. The molecule has 0 saturated carbocycles. The second-order valence-electron chi connectivity index (χ2n) is 7.20. The number of aliphatic hydroxyl groups is 1. The Bertz CT molecular complexity index is 711. The predicted molar refractivity (Wildman–Crippen MR) is 104 cm³/mol. The largest absolute Gasteiger partial charge is 0.504 e. The molecule has 0 unspecified atom stereocenters. The van der Waals surface area contributed by atoms with Gasteiger partial charge < -0.3 is 15.3 Å². The van der Waals surface area contributed by atoms with Crippen molar-refractivity contribution in [1.82, 2.24) is 0 Å². The minimum atomic E-state index is -0.562. The third-order valence-corrected chi connectivity index (χ3v) is 4.17. The summed E-state index contributed by atoms with van der Waals surface area (Å²) in [5, 5.41) is 28.6. The fourth-order valence-electron chi connectivity index (χ4n) is 2.75. The molecule has 134 valence electrons. The third kappa shape index (κ3) is 7.02. The van der Waals surface area contributed by atoms with Crippen molar-refractivity contribution in [2.75, 3.05) is 0 Å². The summed E-state index contributed by atoms with van der Waals surface area (Å²) < 4.78 is 0. The molecule has 2 aromatic rings. The molecule has 0 aliphatic heterocycles. The third-order valence-electron chi connectivity index (χ3n) is 4.17. The summed E-state index contributed by atoms with van der Waals surface area (Å²) in [7, 11) is 0. The fraction of sp³-hybridized carbons (Fsp3) is 0.364. The molecule has 2 aromatic carbocycles. The first-order valence-electron chi connectivity index (χ1n) is 8.85. The van der Waals surface area contributed by atoms with Crippen molar-refractivity contribution in [3.8, 4) is 11.5 Å². The molecule has 0 aliphatic rings. The number of benzene rings is 2. The summed E-state index contributed by atoms with van der Waals surface area (Å²) in [4.78, 5) is 0. The quantitative estimate of drug-likeness (QED) is 0.354. The van der Waals surface area contributed by atoms with E-state index in [0.717, 1.165) is 43.2 Å². The molecule has 0 radical (unpaired) electrons. The first kappa shape index (κ1) is 19.1. The van der Waals surface area contributed by atoms with Gasteiger partial charge in [-0.3, -0.25) is 0 Å². The molecule has 3 nitrogen and oxygen atoms in total. The average molecular weight is 340 g/mol. The first-order valence-corrected chi connectivity index (χ1v) is 8.85. The predicted octanol–water partition coefficient (Wildman–Crippen LogP) is 5.14. The Hall–Kier alpha value is -2.26. The van der Waals surface area contributed by atoms with Crippen LogP contribution in [-0.2, 0) is 6.42 Å². The zero-order valence-corrected chi connectivity index (χ0v) is 15.1. The van der Waals surface area contributed by atoms with Crippen LogP contribution < -0.4 is 0 Å². The minimum Gasteiger partial charge on any atom is -0.504 e. The van der Waals surface area contributed by atoms with Crippen LogP contribution in [0, 0.1) is 0 Å². The molecule has 3 N–H and O–H groups in total. The highest BCUT2D eigenvalue weighted by Crippen LogP contribution is 2.25. The average Bonchev–Trinajstić information content (AvgIpc) is 2.55. The van der Waals surface area contributed by atoms with E-state index in [4.69, 9.17) is 0 Å². The van der Waals surface area contributed by atoms with Crippen LogP contribution in [0.5, 0.6) is 11.5 Å². The zero-order chi connectivity index (χ0) is 18.3. The van der Waals surface area contributed by atoms with E-state index in [2.05, 4.69) is 24.3 Å². The second-order valence-corrected chi connectivity index (χ2v) is 7.20. The van der Waals surface area contributed by atoms with Gasteiger partial charge in [0.15, 0.2) is 11.5 Å². The van der Waals surface area contributed by atoms with Crippen LogP contribution in [0.3, 0.4) is 0 Å². The number of phenolic OH excluding ortho intramolecular Hbond substituents is 2. The van der Waals surface area contributed by atoms with Crippen molar-refractivity contribution >= 4 is 12.2 Å². The molecular weight excluding hydrogens is 312 g/mol. The highest BCUT2D eigenvalue weighted by Gasteiger charge is 2.10. The maximum absolute atomic E-state index is 9.72. The SMILES string of the molecule is CC(C)(O)CCCCCc1cccc(C=Cc2ccc(O)c(O)c2)c1. The molecular formula is C22H28O3. The molecule has 0 heterocycles. The number of aromatic hydroxyl groups is 2. The lowest BCUT2D eigenvalue weighted by Gasteiger charge is -2.16. The van der Waals surface area contributed by atoms with Crippen molar-refractivity contribution in [2.45, 2.75) is 51.6 Å². The number of hydrogen-bond acceptors (Lipinski definition) is 3. The van der Waals surface area contributed by atoms with Crippen LogP contribution >= 0.6 is 0 Å². The van der Waals surface area contributed by atoms with Gasteiger partial charge in [0.1, 0.15) is 0 Å². The molecule has 2 rings (SSSR count). The van der Waals surface area contributed by atoms with Crippen LogP contribution in [0.4, 0.5) is 0 Å². The molecule has 3 heteroatoms. The van der Waals surface area contributed by atoms with Crippen molar-refractivity contribution in [1.29, 1.82) is 0 Å². The van der Waals surface area contributed by atoms with Crippen LogP contribution in [0.25, 0.3) is 12.2 Å². The van der Waals surface area contributed by atoms with Gasteiger partial charge in [0, 0.05) is 0 Å². The van der Waals surface area contributed by atoms with Crippen molar-refractivity contribution in [2.24, 2.45) is 0 Å². The van der Waals surface area contributed by atoms with Gasteiger partial charge in [0.05, 0.1) is 5.60 Å². The van der Waals surface area contributed by atoms with Crippen molar-refractivity contribution in [3.63, 3.8) is 0 Å². The van der Waals surface area contributed by atoms with Crippen LogP contribution in [0.2, 0.25) is 0 Å². The fourth-order valence-corrected chi connectivity index (χ4v) is 2.75. The lowest BCUT2D eigenvalue weighted by atomic mass is 9.98. The molecule has 0 aromatic heterocycles. The Balaban J connectivity index is 1.88. The Kier molecular flexibility index (Phi) is 6.65. The van der Waals surface area contributed by atoms with Gasteiger partial charge in [0.25, 0.3) is 0 Å². The molecule has 0 bridgehead atoms. The Labute approximate surface area is 150 Å². The van der Waals surface area contributed by atoms with Gasteiger partial charge in [-0.25, -0.2) is 0 Å². The normalized spacial score (nSPS) is 12.0. The molecule has 0 aliphatic carbocycles. The molecule has 25 heavy (non-hydrogen) atoms. The van der Waals surface area contributed by atoms with Gasteiger partial charge in [-0.15, -0.1) is 0 Å². The van der Waals surface area contributed by atoms with Crippen LogP contribution in [0.1, 0.15) is 56.2 Å². The van der Waals surface area contributed by atoms with Gasteiger partial charge in [0.2, 0.25) is 0 Å². The van der Waals surface area contributed by atoms with E-state index in [1.54, 1.807) is 12.1 Å². The summed E-state index contributed by atoms with van der Waals surface area (Å²) in [6, 6.07) is 13.2. The van der Waals surface area contributed by atoms with E-state index >= 15 is 0 Å². The highest BCUT2D eigenvalue weighted by atomic mass is 16.3. The topological polar surface area (TPSA) is 60.7 Å². The maximum atomic E-state index is 9.72. The summed E-state index contributed by atoms with van der Waals surface area (Å²) in [5.74, 6) is -0.217. The monoisotopic (exact) mass is 340 g/mol. The van der Waals surface area contributed by atoms with Crippen LogP contribution in [-0.4, -0.2) is 20.9 Å². The summed E-state index contributed by atoms with van der Waals surface area (Å²) >= 11 is 0. The van der Waals surface area contributed by atoms with Gasteiger partial charge in [-0.1, -0.05) is 55.3 Å². The Morgan fingerprint density at radius 3 is 2.24 bits per heavy atom. The minimum absolute atomic E-state index is 0.108. The molecule has 0 fully saturated rings. The highest BCUT2D eigenvalue weighted by molar-refractivity contribution is 5.71. The Morgan fingerprint density at radius 2 is 1.56 bits per heavy atom. The zero-order valence-electron chi connectivity index (χ0n) is 15.1. The molecule has 0 atom stereocenters. The second kappa shape index (κ2) is 8.72. The van der Waals surface area contributed by atoms with Crippen molar-refractivity contribution < 1.29 is 15.3 Å². The molecule has 0 saturated heterocycles. The summed E-state index contributed by atoms with van der Waals surface area (Å²) in [5.41, 5.74) is 2.70. The van der Waals surface area contributed by atoms with Crippen molar-refractivity contribution in [3.05, 3.63) is 59.2 Å². The smallest absolute Gasteiger partial charge is 0.157 e. The van der Waals surface area contributed by atoms with E-state index in [0.29, 0.717) is 0 Å². The van der Waals surface area contributed by atoms with Crippen LogP contribution in [0.15, 0.2) is 42.5 Å². The number of phenols is 2. The summed E-state index contributed by atoms with van der Waals surface area (Å²) in [6.07, 6.45) is 9.09. The number of unbranched alkanes of at least 4 members (excludes halogenated alkanes) is 2. The van der Waals surface area contributed by atoms with Gasteiger partial charge in [-0.2, -0.15) is 0 Å². The molecule has 0 amide bonds.